The molecule has 0 spiro atoms. The van der Waals surface area contributed by atoms with E-state index >= 15 is 0 Å². The summed E-state index contributed by atoms with van der Waals surface area (Å²) in [6.07, 6.45) is 1.31. The molecule has 8 heteroatoms. The van der Waals surface area contributed by atoms with E-state index < -0.39 is 16.7 Å². The zero-order chi connectivity index (χ0) is 19.0. The van der Waals surface area contributed by atoms with Crippen molar-refractivity contribution in [1.29, 1.82) is 0 Å². The number of halogens is 1. The second kappa shape index (κ2) is 6.61. The number of hydrogen-bond donors (Lipinski definition) is 1. The van der Waals surface area contributed by atoms with Gasteiger partial charge in [-0.1, -0.05) is 23.7 Å². The van der Waals surface area contributed by atoms with E-state index in [1.165, 1.54) is 24.3 Å². The summed E-state index contributed by atoms with van der Waals surface area (Å²) < 4.78 is 0. The number of nitrogens with one attached hydrogen (secondary N) is 1. The van der Waals surface area contributed by atoms with E-state index in [-0.39, 0.29) is 16.3 Å². The first-order valence-electron chi connectivity index (χ1n) is 7.66. The number of amides is 2. The normalized spacial score (nSPS) is 15.5. The molecule has 7 nitrogen and oxygen atoms in total. The zero-order valence-electron chi connectivity index (χ0n) is 13.9. The molecule has 26 heavy (non-hydrogen) atoms. The van der Waals surface area contributed by atoms with Gasteiger partial charge in [-0.25, -0.2) is 5.01 Å². The van der Waals surface area contributed by atoms with Crippen LogP contribution in [0.5, 0.6) is 0 Å². The first kappa shape index (κ1) is 17.6. The summed E-state index contributed by atoms with van der Waals surface area (Å²) in [5, 5.41) is 12.1. The van der Waals surface area contributed by atoms with Crippen LogP contribution in [0.2, 0.25) is 5.02 Å². The lowest BCUT2D eigenvalue weighted by Crippen LogP contribution is -2.35. The van der Waals surface area contributed by atoms with Gasteiger partial charge in [0.05, 0.1) is 10.6 Å². The smallest absolute Gasteiger partial charge is 0.267 e. The predicted molar refractivity (Wildman–Crippen MR) is 97.6 cm³/mol. The summed E-state index contributed by atoms with van der Waals surface area (Å²) in [5.41, 5.74) is 5.02. The lowest BCUT2D eigenvalue weighted by Gasteiger charge is -2.15. The van der Waals surface area contributed by atoms with Crippen LogP contribution in [0.3, 0.4) is 0 Å². The summed E-state index contributed by atoms with van der Waals surface area (Å²) in [5.74, 6) is -1.11. The van der Waals surface area contributed by atoms with E-state index in [0.717, 1.165) is 16.1 Å². The molecule has 2 aromatic rings. The van der Waals surface area contributed by atoms with Gasteiger partial charge >= 0.3 is 0 Å². The number of nitro benzene ring substituents is 1. The maximum atomic E-state index is 12.6. The zero-order valence-corrected chi connectivity index (χ0v) is 14.7. The van der Waals surface area contributed by atoms with E-state index in [2.05, 4.69) is 5.43 Å². The van der Waals surface area contributed by atoms with Gasteiger partial charge in [0.15, 0.2) is 0 Å². The average Bonchev–Trinajstić information content (AvgIpc) is 2.87. The molecular weight excluding hydrogens is 358 g/mol. The summed E-state index contributed by atoms with van der Waals surface area (Å²) in [6.45, 7) is 3.85. The van der Waals surface area contributed by atoms with Crippen LogP contribution >= 0.6 is 11.6 Å². The van der Waals surface area contributed by atoms with Gasteiger partial charge in [0.25, 0.3) is 17.5 Å². The molecular formula is C18H14ClN3O4. The number of nitro groups is 1. The quantitative estimate of drug-likeness (QED) is 0.387. The maximum Gasteiger partial charge on any atom is 0.288 e. The summed E-state index contributed by atoms with van der Waals surface area (Å²) in [4.78, 5) is 35.2. The van der Waals surface area contributed by atoms with Crippen molar-refractivity contribution in [2.24, 2.45) is 0 Å². The number of hydrazine groups is 1. The Hall–Kier alpha value is -3.19. The molecule has 0 unspecified atom stereocenters. The molecule has 1 N–H and O–H groups in total. The van der Waals surface area contributed by atoms with Crippen molar-refractivity contribution in [2.75, 3.05) is 5.01 Å². The molecule has 1 aliphatic rings. The van der Waals surface area contributed by atoms with Gasteiger partial charge in [-0.15, -0.1) is 0 Å². The van der Waals surface area contributed by atoms with Crippen molar-refractivity contribution in [3.63, 3.8) is 0 Å². The Labute approximate surface area is 154 Å². The molecule has 1 saturated heterocycles. The van der Waals surface area contributed by atoms with Crippen LogP contribution in [0.15, 0.2) is 42.0 Å². The molecule has 1 aliphatic heterocycles. The molecule has 2 aromatic carbocycles. The monoisotopic (exact) mass is 371 g/mol. The molecule has 1 fully saturated rings. The van der Waals surface area contributed by atoms with Crippen LogP contribution in [0.25, 0.3) is 6.08 Å². The van der Waals surface area contributed by atoms with Crippen molar-refractivity contribution in [2.45, 2.75) is 13.8 Å². The highest BCUT2D eigenvalue weighted by molar-refractivity contribution is 6.33. The van der Waals surface area contributed by atoms with E-state index in [1.54, 1.807) is 12.1 Å². The van der Waals surface area contributed by atoms with E-state index in [1.807, 2.05) is 19.9 Å². The largest absolute Gasteiger partial charge is 0.288 e. The Balaban J connectivity index is 1.96. The Morgan fingerprint density at radius 1 is 1.12 bits per heavy atom. The molecule has 132 valence electrons. The first-order chi connectivity index (χ1) is 12.3. The van der Waals surface area contributed by atoms with Crippen LogP contribution in [-0.4, -0.2) is 16.7 Å². The number of carbonyl (C=O) groups is 2. The van der Waals surface area contributed by atoms with Crippen LogP contribution in [0.1, 0.15) is 16.7 Å². The second-order valence-electron chi connectivity index (χ2n) is 5.88. The van der Waals surface area contributed by atoms with Crippen molar-refractivity contribution < 1.29 is 14.5 Å². The Bertz CT molecular complexity index is 984. The van der Waals surface area contributed by atoms with Gasteiger partial charge in [0, 0.05) is 6.07 Å². The van der Waals surface area contributed by atoms with Crippen LogP contribution < -0.4 is 10.4 Å². The standard InChI is InChI=1S/C18H14ClN3O4/c1-10-3-5-13(7-11(10)2)21-18(24)14(17(23)20-21)8-12-4-6-15(19)16(9-12)22(25)26/h3-9H,1-2H3,(H,20,23). The third-order valence-electron chi connectivity index (χ3n) is 4.12. The lowest BCUT2D eigenvalue weighted by molar-refractivity contribution is -0.384. The highest BCUT2D eigenvalue weighted by atomic mass is 35.5. The van der Waals surface area contributed by atoms with Crippen molar-refractivity contribution >= 4 is 40.9 Å². The van der Waals surface area contributed by atoms with E-state index in [4.69, 9.17) is 11.6 Å². The molecule has 0 atom stereocenters. The minimum absolute atomic E-state index is 0.0175. The summed E-state index contributed by atoms with van der Waals surface area (Å²) >= 11 is 5.78. The molecule has 0 bridgehead atoms. The number of aryl methyl sites for hydroxylation is 2. The topological polar surface area (TPSA) is 92.6 Å². The Morgan fingerprint density at radius 2 is 1.85 bits per heavy atom. The average molecular weight is 372 g/mol. The Morgan fingerprint density at radius 3 is 2.50 bits per heavy atom. The van der Waals surface area contributed by atoms with Gasteiger partial charge in [0.1, 0.15) is 10.6 Å². The van der Waals surface area contributed by atoms with Crippen LogP contribution in [-0.2, 0) is 9.59 Å². The molecule has 0 aromatic heterocycles. The molecule has 3 rings (SSSR count). The summed E-state index contributed by atoms with van der Waals surface area (Å²) in [6, 6.07) is 9.45. The SMILES string of the molecule is Cc1ccc(N2NC(=O)C(=Cc3ccc(Cl)c([N+](=O)[O-])c3)C2=O)cc1C. The van der Waals surface area contributed by atoms with Gasteiger partial charge in [-0.2, -0.15) is 0 Å². The number of nitrogens with zero attached hydrogens (tertiary/aromatic N) is 2. The fourth-order valence-corrected chi connectivity index (χ4v) is 2.72. The number of hydrogen-bond acceptors (Lipinski definition) is 4. The number of anilines is 1. The third kappa shape index (κ3) is 3.16. The Kier molecular flexibility index (Phi) is 4.48. The minimum atomic E-state index is -0.623. The maximum absolute atomic E-state index is 12.6. The van der Waals surface area contributed by atoms with E-state index in [0.29, 0.717) is 11.3 Å². The van der Waals surface area contributed by atoms with Gasteiger partial charge in [-0.3, -0.25) is 25.1 Å². The first-order valence-corrected chi connectivity index (χ1v) is 8.04. The molecule has 0 saturated carbocycles. The minimum Gasteiger partial charge on any atom is -0.267 e. The predicted octanol–water partition coefficient (Wildman–Crippen LogP) is 3.33. The molecule has 0 radical (unpaired) electrons. The highest BCUT2D eigenvalue weighted by Crippen LogP contribution is 2.28. The van der Waals surface area contributed by atoms with Crippen molar-refractivity contribution in [3.8, 4) is 0 Å². The second-order valence-corrected chi connectivity index (χ2v) is 6.28. The number of benzene rings is 2. The van der Waals surface area contributed by atoms with Gasteiger partial charge < -0.3 is 0 Å². The number of rotatable bonds is 3. The fourth-order valence-electron chi connectivity index (χ4n) is 2.53. The molecule has 1 heterocycles. The molecule has 0 aliphatic carbocycles. The van der Waals surface area contributed by atoms with Crippen molar-refractivity contribution in [3.05, 3.63) is 73.8 Å². The van der Waals surface area contributed by atoms with Crippen LogP contribution in [0, 0.1) is 24.0 Å². The van der Waals surface area contributed by atoms with Crippen LogP contribution in [0.4, 0.5) is 11.4 Å². The van der Waals surface area contributed by atoms with Gasteiger partial charge in [-0.05, 0) is 54.8 Å². The molecule has 2 amide bonds. The summed E-state index contributed by atoms with van der Waals surface area (Å²) in [7, 11) is 0. The van der Waals surface area contributed by atoms with Gasteiger partial charge in [0.2, 0.25) is 0 Å². The van der Waals surface area contributed by atoms with E-state index in [9.17, 15) is 19.7 Å². The number of carbonyl (C=O) groups excluding carboxylic acids is 2. The van der Waals surface area contributed by atoms with Crippen molar-refractivity contribution in [1.82, 2.24) is 5.43 Å². The fraction of sp³-hybridized carbons (Fsp3) is 0.111. The lowest BCUT2D eigenvalue weighted by atomic mass is 10.1. The third-order valence-corrected chi connectivity index (χ3v) is 4.44. The highest BCUT2D eigenvalue weighted by Gasteiger charge is 2.34.